The van der Waals surface area contributed by atoms with Crippen molar-refractivity contribution >= 4 is 0 Å². The molecule has 0 aromatic heterocycles. The number of halogens is 3. The molecule has 0 aromatic rings. The fourth-order valence-electron chi connectivity index (χ4n) is 1.73. The molecular formula is C13H11F3. The highest BCUT2D eigenvalue weighted by Crippen LogP contribution is 2.32. The van der Waals surface area contributed by atoms with E-state index in [-0.39, 0.29) is 0 Å². The SMILES string of the molecule is CC1=CC(=C2C=CC(C(F)(F)F)=CC2)C=C1. The van der Waals surface area contributed by atoms with Gasteiger partial charge in [-0.15, -0.1) is 0 Å². The van der Waals surface area contributed by atoms with E-state index in [1.54, 1.807) is 6.08 Å². The Hall–Kier alpha value is -1.51. The molecule has 3 heteroatoms. The molecule has 0 unspecified atom stereocenters. The molecule has 0 bridgehead atoms. The summed E-state index contributed by atoms with van der Waals surface area (Å²) in [7, 11) is 0. The minimum absolute atomic E-state index is 0.342. The predicted octanol–water partition coefficient (Wildman–Crippen LogP) is 4.25. The second-order valence-electron chi connectivity index (χ2n) is 3.90. The number of allylic oxidation sites excluding steroid dienone is 10. The molecule has 2 rings (SSSR count). The summed E-state index contributed by atoms with van der Waals surface area (Å²) in [5, 5.41) is 0. The molecule has 0 nitrogen and oxygen atoms in total. The molecule has 0 radical (unpaired) electrons. The zero-order chi connectivity index (χ0) is 11.8. The molecule has 16 heavy (non-hydrogen) atoms. The van der Waals surface area contributed by atoms with Crippen molar-refractivity contribution < 1.29 is 13.2 Å². The van der Waals surface area contributed by atoms with E-state index in [4.69, 9.17) is 0 Å². The van der Waals surface area contributed by atoms with Crippen LogP contribution in [-0.4, -0.2) is 6.18 Å². The number of hydrogen-bond donors (Lipinski definition) is 0. The van der Waals surface area contributed by atoms with Crippen LogP contribution in [0.3, 0.4) is 0 Å². The van der Waals surface area contributed by atoms with Gasteiger partial charge >= 0.3 is 6.18 Å². The average Bonchev–Trinajstić information content (AvgIpc) is 2.64. The maximum Gasteiger partial charge on any atom is 0.416 e. The Bertz CT molecular complexity index is 454. The van der Waals surface area contributed by atoms with Crippen LogP contribution in [0.25, 0.3) is 0 Å². The van der Waals surface area contributed by atoms with Crippen LogP contribution in [0.2, 0.25) is 0 Å². The van der Waals surface area contributed by atoms with Crippen LogP contribution in [-0.2, 0) is 0 Å². The summed E-state index contributed by atoms with van der Waals surface area (Å²) < 4.78 is 37.0. The molecule has 0 atom stereocenters. The largest absolute Gasteiger partial charge is 0.416 e. The third kappa shape index (κ3) is 2.18. The van der Waals surface area contributed by atoms with Gasteiger partial charge in [0.15, 0.2) is 0 Å². The van der Waals surface area contributed by atoms with Crippen molar-refractivity contribution in [2.75, 3.05) is 0 Å². The second kappa shape index (κ2) is 3.81. The zero-order valence-electron chi connectivity index (χ0n) is 8.81. The van der Waals surface area contributed by atoms with Gasteiger partial charge in [0, 0.05) is 0 Å². The van der Waals surface area contributed by atoms with Crippen molar-refractivity contribution in [3.63, 3.8) is 0 Å². The molecule has 0 saturated carbocycles. The number of rotatable bonds is 0. The van der Waals surface area contributed by atoms with Crippen LogP contribution >= 0.6 is 0 Å². The molecular weight excluding hydrogens is 213 g/mol. The molecule has 0 saturated heterocycles. The maximum atomic E-state index is 12.3. The second-order valence-corrected chi connectivity index (χ2v) is 3.90. The fraction of sp³-hybridized carbons (Fsp3) is 0.231. The van der Waals surface area contributed by atoms with Gasteiger partial charge in [0.2, 0.25) is 0 Å². The third-order valence-corrected chi connectivity index (χ3v) is 2.61. The van der Waals surface area contributed by atoms with E-state index in [0.29, 0.717) is 6.42 Å². The van der Waals surface area contributed by atoms with Gasteiger partial charge in [-0.1, -0.05) is 42.0 Å². The van der Waals surface area contributed by atoms with Crippen molar-refractivity contribution in [3.05, 3.63) is 58.7 Å². The lowest BCUT2D eigenvalue weighted by Gasteiger charge is -2.13. The lowest BCUT2D eigenvalue weighted by Crippen LogP contribution is -2.11. The topological polar surface area (TPSA) is 0 Å². The van der Waals surface area contributed by atoms with Crippen LogP contribution in [0, 0.1) is 0 Å². The van der Waals surface area contributed by atoms with Crippen molar-refractivity contribution in [2.45, 2.75) is 19.5 Å². The number of alkyl halides is 3. The Morgan fingerprint density at radius 1 is 1.06 bits per heavy atom. The molecule has 2 aliphatic carbocycles. The van der Waals surface area contributed by atoms with Crippen LogP contribution in [0.5, 0.6) is 0 Å². The van der Waals surface area contributed by atoms with Crippen molar-refractivity contribution in [2.24, 2.45) is 0 Å². The molecule has 84 valence electrons. The lowest BCUT2D eigenvalue weighted by atomic mass is 9.98. The molecule has 0 amide bonds. The van der Waals surface area contributed by atoms with E-state index in [1.807, 2.05) is 25.2 Å². The van der Waals surface area contributed by atoms with E-state index in [1.165, 1.54) is 6.08 Å². The van der Waals surface area contributed by atoms with Gasteiger partial charge in [-0.2, -0.15) is 13.2 Å². The Morgan fingerprint density at radius 2 is 1.81 bits per heavy atom. The van der Waals surface area contributed by atoms with Gasteiger partial charge < -0.3 is 0 Å². The van der Waals surface area contributed by atoms with Gasteiger partial charge in [-0.05, 0) is 24.5 Å². The fourth-order valence-corrected chi connectivity index (χ4v) is 1.73. The van der Waals surface area contributed by atoms with Gasteiger partial charge in [-0.3, -0.25) is 0 Å². The lowest BCUT2D eigenvalue weighted by molar-refractivity contribution is -0.0885. The van der Waals surface area contributed by atoms with E-state index in [2.05, 4.69) is 0 Å². The quantitative estimate of drug-likeness (QED) is 0.577. The van der Waals surface area contributed by atoms with E-state index >= 15 is 0 Å². The summed E-state index contributed by atoms with van der Waals surface area (Å²) in [6, 6.07) is 0. The van der Waals surface area contributed by atoms with Crippen LogP contribution in [0.1, 0.15) is 13.3 Å². The average molecular weight is 224 g/mol. The Balaban J connectivity index is 2.22. The zero-order valence-corrected chi connectivity index (χ0v) is 8.81. The smallest absolute Gasteiger partial charge is 0.166 e. The summed E-state index contributed by atoms with van der Waals surface area (Å²) in [6.45, 7) is 1.97. The van der Waals surface area contributed by atoms with E-state index in [9.17, 15) is 13.2 Å². The summed E-state index contributed by atoms with van der Waals surface area (Å²) in [6.07, 6.45) is 5.90. The van der Waals surface area contributed by atoms with Crippen LogP contribution in [0.4, 0.5) is 13.2 Å². The standard InChI is InChI=1S/C13H11F3/c1-9-2-3-11(8-9)10-4-6-12(7-5-10)13(14,15)16/h2-4,6-8H,5H2,1H3. The molecule has 0 N–H and O–H groups in total. The molecule has 0 aromatic carbocycles. The molecule has 2 aliphatic rings. The summed E-state index contributed by atoms with van der Waals surface area (Å²) in [4.78, 5) is 0. The summed E-state index contributed by atoms with van der Waals surface area (Å²) in [5.41, 5.74) is 2.51. The van der Waals surface area contributed by atoms with Gasteiger partial charge in [-0.25, -0.2) is 0 Å². The highest BCUT2D eigenvalue weighted by atomic mass is 19.4. The first kappa shape index (κ1) is 11.0. The van der Waals surface area contributed by atoms with Gasteiger partial charge in [0.05, 0.1) is 5.57 Å². The highest BCUT2D eigenvalue weighted by molar-refractivity contribution is 5.53. The monoisotopic (exact) mass is 224 g/mol. The Kier molecular flexibility index (Phi) is 2.62. The van der Waals surface area contributed by atoms with Crippen LogP contribution in [0.15, 0.2) is 58.7 Å². The predicted molar refractivity (Wildman–Crippen MR) is 57.8 cm³/mol. The molecule has 0 spiro atoms. The van der Waals surface area contributed by atoms with E-state index < -0.39 is 11.7 Å². The maximum absolute atomic E-state index is 12.3. The van der Waals surface area contributed by atoms with Crippen LogP contribution < -0.4 is 0 Å². The first-order chi connectivity index (χ1) is 7.47. The normalized spacial score (nSPS) is 24.8. The van der Waals surface area contributed by atoms with Crippen molar-refractivity contribution in [1.82, 2.24) is 0 Å². The molecule has 0 fully saturated rings. The van der Waals surface area contributed by atoms with E-state index in [0.717, 1.165) is 22.8 Å². The third-order valence-electron chi connectivity index (χ3n) is 2.61. The van der Waals surface area contributed by atoms with Gasteiger partial charge in [0.25, 0.3) is 0 Å². The minimum Gasteiger partial charge on any atom is -0.166 e. The first-order valence-corrected chi connectivity index (χ1v) is 5.02. The first-order valence-electron chi connectivity index (χ1n) is 5.02. The summed E-state index contributed by atoms with van der Waals surface area (Å²) in [5.74, 6) is 0. The van der Waals surface area contributed by atoms with Crippen molar-refractivity contribution in [3.8, 4) is 0 Å². The van der Waals surface area contributed by atoms with Gasteiger partial charge in [0.1, 0.15) is 0 Å². The summed E-state index contributed by atoms with van der Waals surface area (Å²) >= 11 is 0. The molecule has 0 aliphatic heterocycles. The Morgan fingerprint density at radius 3 is 2.25 bits per heavy atom. The minimum atomic E-state index is -4.23. The Labute approximate surface area is 92.2 Å². The highest BCUT2D eigenvalue weighted by Gasteiger charge is 2.32. The van der Waals surface area contributed by atoms with Crippen molar-refractivity contribution in [1.29, 1.82) is 0 Å². The molecule has 0 heterocycles. The number of hydrogen-bond acceptors (Lipinski definition) is 0.